The first kappa shape index (κ1) is 15.1. The number of allylic oxidation sites excluding steroid dienone is 2. The molecular formula is C19H16ClN3O. The Labute approximate surface area is 145 Å². The molecule has 0 N–H and O–H groups in total. The molecule has 0 radical (unpaired) electrons. The Hall–Kier alpha value is -2.46. The average molecular weight is 338 g/mol. The van der Waals surface area contributed by atoms with Crippen LogP contribution >= 0.6 is 11.6 Å². The zero-order valence-corrected chi connectivity index (χ0v) is 14.2. The number of carbonyl (C=O) groups is 1. The number of nitrogens with zero attached hydrogens (tertiary/aromatic N) is 3. The van der Waals surface area contributed by atoms with Gasteiger partial charge in [-0.25, -0.2) is 0 Å². The lowest BCUT2D eigenvalue weighted by molar-refractivity contribution is -0.125. The molecule has 24 heavy (non-hydrogen) atoms. The number of hydrazone groups is 1. The third-order valence-corrected chi connectivity index (χ3v) is 4.69. The number of hydrogen-bond donors (Lipinski definition) is 0. The fourth-order valence-corrected chi connectivity index (χ4v) is 3.64. The standard InChI is InChI=1S/C19H16ClN3O/c1-11-17-18(13-6-4-3-5-7-13)15-10-14(20)8-9-16(15)21-19(17)23(22-11)12(2)24/h3-10,16-17H,1-2H3/t16-,17+/m1/s1. The second kappa shape index (κ2) is 5.56. The van der Waals surface area contributed by atoms with Crippen molar-refractivity contribution in [2.45, 2.75) is 19.9 Å². The smallest absolute Gasteiger partial charge is 0.245 e. The van der Waals surface area contributed by atoms with Gasteiger partial charge in [-0.05, 0) is 35.8 Å². The van der Waals surface area contributed by atoms with E-state index in [0.717, 1.165) is 22.4 Å². The van der Waals surface area contributed by atoms with Crippen LogP contribution in [0.3, 0.4) is 0 Å². The molecule has 4 nitrogen and oxygen atoms in total. The van der Waals surface area contributed by atoms with E-state index < -0.39 is 0 Å². The molecule has 5 heteroatoms. The molecule has 3 aliphatic rings. The van der Waals surface area contributed by atoms with E-state index in [4.69, 9.17) is 16.6 Å². The van der Waals surface area contributed by atoms with Crippen LogP contribution in [0.5, 0.6) is 0 Å². The normalized spacial score (nSPS) is 25.0. The molecule has 0 spiro atoms. The van der Waals surface area contributed by atoms with Gasteiger partial charge in [0.15, 0.2) is 0 Å². The SMILES string of the molecule is CC(=O)N1N=C(C)[C@@H]2C1=N[C@@H]1C=CC(Cl)=CC1=C2c1ccccc1. The topological polar surface area (TPSA) is 45.0 Å². The molecule has 2 atom stereocenters. The summed E-state index contributed by atoms with van der Waals surface area (Å²) in [5, 5.41) is 6.55. The van der Waals surface area contributed by atoms with Crippen molar-refractivity contribution >= 4 is 34.6 Å². The lowest BCUT2D eigenvalue weighted by Gasteiger charge is -2.30. The molecule has 0 bridgehead atoms. The number of hydrogen-bond acceptors (Lipinski definition) is 3. The number of benzene rings is 1. The van der Waals surface area contributed by atoms with Crippen LogP contribution in [0.2, 0.25) is 0 Å². The van der Waals surface area contributed by atoms with Gasteiger partial charge in [-0.3, -0.25) is 9.79 Å². The summed E-state index contributed by atoms with van der Waals surface area (Å²) in [5.41, 5.74) is 4.17. The Bertz CT molecular complexity index is 877. The van der Waals surface area contributed by atoms with Gasteiger partial charge in [0.2, 0.25) is 5.91 Å². The van der Waals surface area contributed by atoms with Crippen LogP contribution in [0.1, 0.15) is 19.4 Å². The molecule has 1 aliphatic carbocycles. The van der Waals surface area contributed by atoms with Gasteiger partial charge in [0.05, 0.1) is 17.7 Å². The third kappa shape index (κ3) is 2.26. The summed E-state index contributed by atoms with van der Waals surface area (Å²) in [6.07, 6.45) is 5.79. The van der Waals surface area contributed by atoms with Gasteiger partial charge in [-0.1, -0.05) is 48.0 Å². The summed E-state index contributed by atoms with van der Waals surface area (Å²) in [6.45, 7) is 3.45. The summed E-state index contributed by atoms with van der Waals surface area (Å²) >= 11 is 6.24. The second-order valence-corrected chi connectivity index (χ2v) is 6.50. The number of aliphatic imine (C=N–C) groups is 1. The highest BCUT2D eigenvalue weighted by Crippen LogP contribution is 2.41. The van der Waals surface area contributed by atoms with Gasteiger partial charge in [-0.15, -0.1) is 0 Å². The van der Waals surface area contributed by atoms with Crippen LogP contribution in [0, 0.1) is 5.92 Å². The summed E-state index contributed by atoms with van der Waals surface area (Å²) in [6, 6.07) is 10.0. The summed E-state index contributed by atoms with van der Waals surface area (Å²) < 4.78 is 0. The molecule has 0 unspecified atom stereocenters. The van der Waals surface area contributed by atoms with Gasteiger partial charge in [-0.2, -0.15) is 10.1 Å². The molecule has 0 saturated heterocycles. The van der Waals surface area contributed by atoms with Gasteiger partial charge in [0, 0.05) is 12.0 Å². The Morgan fingerprint density at radius 1 is 1.25 bits per heavy atom. The molecule has 1 aromatic carbocycles. The average Bonchev–Trinajstić information content (AvgIpc) is 2.90. The quantitative estimate of drug-likeness (QED) is 0.769. The van der Waals surface area contributed by atoms with Crippen LogP contribution in [0.15, 0.2) is 69.3 Å². The maximum Gasteiger partial charge on any atom is 0.245 e. The van der Waals surface area contributed by atoms with E-state index in [2.05, 4.69) is 17.2 Å². The maximum atomic E-state index is 12.0. The fraction of sp³-hybridized carbons (Fsp3) is 0.211. The molecule has 2 aliphatic heterocycles. The molecule has 120 valence electrons. The zero-order chi connectivity index (χ0) is 16.8. The first-order valence-corrected chi connectivity index (χ1v) is 8.22. The summed E-state index contributed by atoms with van der Waals surface area (Å²) in [7, 11) is 0. The van der Waals surface area contributed by atoms with Gasteiger partial charge < -0.3 is 0 Å². The number of rotatable bonds is 1. The highest BCUT2D eigenvalue weighted by molar-refractivity contribution is 6.32. The van der Waals surface area contributed by atoms with Crippen LogP contribution in [-0.4, -0.2) is 28.5 Å². The Morgan fingerprint density at radius 3 is 2.71 bits per heavy atom. The van der Waals surface area contributed by atoms with Crippen LogP contribution in [-0.2, 0) is 4.79 Å². The number of fused-ring (bicyclic) bond motifs is 2. The van der Waals surface area contributed by atoms with Gasteiger partial charge in [0.25, 0.3) is 0 Å². The number of amidine groups is 1. The molecule has 0 saturated carbocycles. The van der Waals surface area contributed by atoms with Crippen molar-refractivity contribution in [3.63, 3.8) is 0 Å². The maximum absolute atomic E-state index is 12.0. The Kier molecular flexibility index (Phi) is 3.50. The van der Waals surface area contributed by atoms with E-state index in [0.29, 0.717) is 10.9 Å². The van der Waals surface area contributed by atoms with Crippen molar-refractivity contribution in [2.24, 2.45) is 16.0 Å². The molecule has 1 aromatic rings. The lowest BCUT2D eigenvalue weighted by Crippen LogP contribution is -2.36. The Balaban J connectivity index is 1.95. The molecule has 2 heterocycles. The third-order valence-electron chi connectivity index (χ3n) is 4.45. The van der Waals surface area contributed by atoms with Crippen molar-refractivity contribution in [3.8, 4) is 0 Å². The molecule has 0 fully saturated rings. The number of amides is 1. The minimum Gasteiger partial charge on any atom is -0.273 e. The van der Waals surface area contributed by atoms with E-state index in [-0.39, 0.29) is 17.9 Å². The molecule has 0 aromatic heterocycles. The van der Waals surface area contributed by atoms with Crippen molar-refractivity contribution < 1.29 is 4.79 Å². The van der Waals surface area contributed by atoms with Crippen molar-refractivity contribution in [3.05, 3.63) is 64.7 Å². The molecule has 1 amide bonds. The van der Waals surface area contributed by atoms with Gasteiger partial charge in [0.1, 0.15) is 5.84 Å². The van der Waals surface area contributed by atoms with Crippen molar-refractivity contribution in [2.75, 3.05) is 0 Å². The van der Waals surface area contributed by atoms with Crippen LogP contribution in [0.25, 0.3) is 5.57 Å². The highest BCUT2D eigenvalue weighted by Gasteiger charge is 2.42. The highest BCUT2D eigenvalue weighted by atomic mass is 35.5. The predicted molar refractivity (Wildman–Crippen MR) is 96.8 cm³/mol. The van der Waals surface area contributed by atoms with Crippen molar-refractivity contribution in [1.82, 2.24) is 5.01 Å². The summed E-state index contributed by atoms with van der Waals surface area (Å²) in [4.78, 5) is 16.8. The van der Waals surface area contributed by atoms with Crippen LogP contribution in [0.4, 0.5) is 0 Å². The molecular weight excluding hydrogens is 322 g/mol. The first-order chi connectivity index (χ1) is 11.6. The second-order valence-electron chi connectivity index (χ2n) is 6.06. The molecule has 4 rings (SSSR count). The van der Waals surface area contributed by atoms with E-state index >= 15 is 0 Å². The fourth-order valence-electron chi connectivity index (χ4n) is 3.45. The van der Waals surface area contributed by atoms with Gasteiger partial charge >= 0.3 is 0 Å². The minimum atomic E-state index is -0.142. The van der Waals surface area contributed by atoms with E-state index in [9.17, 15) is 4.79 Å². The number of dihydropyridines is 1. The zero-order valence-electron chi connectivity index (χ0n) is 13.4. The first-order valence-electron chi connectivity index (χ1n) is 7.84. The van der Waals surface area contributed by atoms with Crippen LogP contribution < -0.4 is 0 Å². The number of halogens is 1. The minimum absolute atomic E-state index is 0.116. The Morgan fingerprint density at radius 2 is 2.00 bits per heavy atom. The van der Waals surface area contributed by atoms with E-state index in [1.54, 1.807) is 0 Å². The van der Waals surface area contributed by atoms with E-state index in [1.165, 1.54) is 11.9 Å². The monoisotopic (exact) mass is 337 g/mol. The lowest BCUT2D eigenvalue weighted by atomic mass is 9.79. The van der Waals surface area contributed by atoms with E-state index in [1.807, 2.05) is 43.4 Å². The number of carbonyl (C=O) groups excluding carboxylic acids is 1. The van der Waals surface area contributed by atoms with Crippen molar-refractivity contribution in [1.29, 1.82) is 0 Å². The predicted octanol–water partition coefficient (Wildman–Crippen LogP) is 3.77. The summed E-state index contributed by atoms with van der Waals surface area (Å²) in [5.74, 6) is 0.457. The largest absolute Gasteiger partial charge is 0.273 e.